The number of Topliss-reactive ketones (excluding diaryl/α,β-unsaturated/α-hetero) is 1. The second-order valence-corrected chi connectivity index (χ2v) is 11.0. The van der Waals surface area contributed by atoms with Crippen LogP contribution in [0.15, 0.2) is 59.1 Å². The van der Waals surface area contributed by atoms with Gasteiger partial charge in [0.15, 0.2) is 0 Å². The molecule has 2 aromatic rings. The number of hydrogen-bond donors (Lipinski definition) is 2. The Morgan fingerprint density at radius 2 is 1.74 bits per heavy atom. The van der Waals surface area contributed by atoms with E-state index in [-0.39, 0.29) is 11.2 Å². The highest BCUT2D eigenvalue weighted by molar-refractivity contribution is 8.04. The van der Waals surface area contributed by atoms with Crippen molar-refractivity contribution in [3.05, 3.63) is 70.5 Å². The van der Waals surface area contributed by atoms with Gasteiger partial charge in [-0.2, -0.15) is 0 Å². The number of halogens is 1. The van der Waals surface area contributed by atoms with Crippen LogP contribution in [-0.4, -0.2) is 48.3 Å². The van der Waals surface area contributed by atoms with E-state index in [1.54, 1.807) is 13.0 Å². The average molecular weight is 497 g/mol. The molecule has 2 fully saturated rings. The summed E-state index contributed by atoms with van der Waals surface area (Å²) in [6.07, 6.45) is 6.57. The quantitative estimate of drug-likeness (QED) is 0.272. The molecule has 0 spiro atoms. The van der Waals surface area contributed by atoms with E-state index in [9.17, 15) is 9.18 Å². The normalized spacial score (nSPS) is 19.2. The van der Waals surface area contributed by atoms with Gasteiger partial charge in [-0.1, -0.05) is 30.3 Å². The maximum atomic E-state index is 13.6. The summed E-state index contributed by atoms with van der Waals surface area (Å²) in [7, 11) is 0. The number of nitrogens with zero attached hydrogens (tertiary/aromatic N) is 2. The summed E-state index contributed by atoms with van der Waals surface area (Å²) in [6, 6.07) is 15.0. The topological polar surface area (TPSA) is 61.6 Å². The Labute approximate surface area is 212 Å². The number of thioether (sulfide) groups is 1. The molecule has 188 valence electrons. The van der Waals surface area contributed by atoms with Crippen molar-refractivity contribution in [2.45, 2.75) is 57.4 Å². The number of carbonyl (C=O) groups is 1. The Hall–Kier alpha value is -2.51. The van der Waals surface area contributed by atoms with Gasteiger partial charge < -0.3 is 20.9 Å². The lowest BCUT2D eigenvalue weighted by Gasteiger charge is -2.41. The summed E-state index contributed by atoms with van der Waals surface area (Å²) in [4.78, 5) is 18.5. The van der Waals surface area contributed by atoms with Crippen molar-refractivity contribution in [2.75, 3.05) is 36.4 Å². The molecule has 0 bridgehead atoms. The van der Waals surface area contributed by atoms with Crippen molar-refractivity contribution >= 4 is 28.9 Å². The molecule has 1 unspecified atom stereocenters. The largest absolute Gasteiger partial charge is 0.401 e. The second-order valence-electron chi connectivity index (χ2n) is 9.62. The highest BCUT2D eigenvalue weighted by atomic mass is 32.2. The number of piperidine rings is 2. The minimum Gasteiger partial charge on any atom is -0.401 e. The van der Waals surface area contributed by atoms with Gasteiger partial charge in [-0.05, 0) is 89.0 Å². The molecule has 5 nitrogen and oxygen atoms in total. The van der Waals surface area contributed by atoms with Gasteiger partial charge in [-0.15, -0.1) is 0 Å². The maximum Gasteiger partial charge on any atom is 0.201 e. The monoisotopic (exact) mass is 496 g/mol. The van der Waals surface area contributed by atoms with Crippen molar-refractivity contribution in [3.63, 3.8) is 0 Å². The second kappa shape index (κ2) is 12.0. The first-order valence-corrected chi connectivity index (χ1v) is 13.6. The van der Waals surface area contributed by atoms with E-state index in [1.165, 1.54) is 80.8 Å². The molecule has 0 saturated carbocycles. The Balaban J connectivity index is 1.31. The van der Waals surface area contributed by atoms with Gasteiger partial charge in [-0.25, -0.2) is 4.39 Å². The van der Waals surface area contributed by atoms with Crippen molar-refractivity contribution in [2.24, 2.45) is 5.73 Å². The predicted molar refractivity (Wildman–Crippen MR) is 145 cm³/mol. The van der Waals surface area contributed by atoms with Crippen LogP contribution in [0.2, 0.25) is 0 Å². The molecule has 7 heteroatoms. The van der Waals surface area contributed by atoms with Gasteiger partial charge in [0.1, 0.15) is 5.82 Å². The Bertz CT molecular complexity index is 1020. The number of likely N-dealkylation sites (tertiary alicyclic amines) is 1. The van der Waals surface area contributed by atoms with Crippen molar-refractivity contribution in [3.8, 4) is 0 Å². The van der Waals surface area contributed by atoms with Crippen molar-refractivity contribution < 1.29 is 9.18 Å². The molecule has 35 heavy (non-hydrogen) atoms. The molecule has 0 aromatic heterocycles. The van der Waals surface area contributed by atoms with Crippen LogP contribution in [-0.2, 0) is 0 Å². The summed E-state index contributed by atoms with van der Waals surface area (Å²) in [6.45, 7) is 8.45. The third-order valence-corrected chi connectivity index (χ3v) is 8.13. The molecule has 4 rings (SSSR count). The van der Waals surface area contributed by atoms with E-state index < -0.39 is 5.82 Å². The molecule has 0 radical (unpaired) electrons. The zero-order chi connectivity index (χ0) is 24.8. The van der Waals surface area contributed by atoms with Crippen LogP contribution >= 0.6 is 11.8 Å². The minimum atomic E-state index is -0.433. The average Bonchev–Trinajstić information content (AvgIpc) is 2.88. The number of rotatable bonds is 8. The van der Waals surface area contributed by atoms with Gasteiger partial charge in [0.25, 0.3) is 0 Å². The molecule has 2 aliphatic heterocycles. The van der Waals surface area contributed by atoms with Crippen LogP contribution in [0.5, 0.6) is 0 Å². The van der Waals surface area contributed by atoms with Gasteiger partial charge in [-0.3, -0.25) is 4.79 Å². The minimum absolute atomic E-state index is 0.0906. The smallest absolute Gasteiger partial charge is 0.201 e. The predicted octanol–water partition coefficient (Wildman–Crippen LogP) is 5.84. The van der Waals surface area contributed by atoms with Crippen LogP contribution in [0.3, 0.4) is 0 Å². The summed E-state index contributed by atoms with van der Waals surface area (Å²) in [5.41, 5.74) is 9.00. The molecule has 0 aliphatic carbocycles. The van der Waals surface area contributed by atoms with E-state index in [0.717, 1.165) is 24.8 Å². The zero-order valence-electron chi connectivity index (χ0n) is 20.8. The molecule has 2 saturated heterocycles. The van der Waals surface area contributed by atoms with Crippen LogP contribution in [0.1, 0.15) is 56.3 Å². The first-order chi connectivity index (χ1) is 16.9. The Morgan fingerprint density at radius 3 is 2.37 bits per heavy atom. The van der Waals surface area contributed by atoms with Crippen LogP contribution < -0.4 is 16.0 Å². The molecule has 2 aromatic carbocycles. The first-order valence-electron chi connectivity index (χ1n) is 12.7. The van der Waals surface area contributed by atoms with E-state index in [2.05, 4.69) is 39.4 Å². The highest BCUT2D eigenvalue weighted by Crippen LogP contribution is 2.30. The number of nitrogens with two attached hydrogens (primary N) is 1. The lowest BCUT2D eigenvalue weighted by molar-refractivity contribution is 0.104. The van der Waals surface area contributed by atoms with Crippen molar-refractivity contribution in [1.29, 1.82) is 0 Å². The number of allylic oxidation sites excluding steroid dienone is 2. The number of anilines is 2. The van der Waals surface area contributed by atoms with Gasteiger partial charge in [0, 0.05) is 41.8 Å². The van der Waals surface area contributed by atoms with Crippen LogP contribution in [0.4, 0.5) is 15.8 Å². The Kier molecular flexibility index (Phi) is 8.74. The maximum absolute atomic E-state index is 13.6. The summed E-state index contributed by atoms with van der Waals surface area (Å²) < 4.78 is 13.6. The number of ketones is 1. The lowest BCUT2D eigenvalue weighted by atomic mass is 9.99. The van der Waals surface area contributed by atoms with E-state index >= 15 is 0 Å². The number of nitrogens with one attached hydrogen (secondary N) is 1. The zero-order valence-corrected chi connectivity index (χ0v) is 21.6. The Morgan fingerprint density at radius 1 is 1.06 bits per heavy atom. The van der Waals surface area contributed by atoms with Gasteiger partial charge in [0.05, 0.1) is 10.3 Å². The highest BCUT2D eigenvalue weighted by Gasteiger charge is 2.25. The SMILES string of the molecule is C/C(N)=C(\SC(C)Nc1ccc(N2CCC(N3CCCCC3)CC2)cc1)C(=O)c1cccc(F)c1. The van der Waals surface area contributed by atoms with Crippen LogP contribution in [0.25, 0.3) is 0 Å². The molecular weight excluding hydrogens is 459 g/mol. The molecular formula is C28H37FN4OS. The number of benzene rings is 2. The molecule has 0 amide bonds. The fourth-order valence-corrected chi connectivity index (χ4v) is 6.03. The molecule has 3 N–H and O–H groups in total. The number of carbonyl (C=O) groups excluding carboxylic acids is 1. The van der Waals surface area contributed by atoms with E-state index in [0.29, 0.717) is 16.2 Å². The first kappa shape index (κ1) is 25.6. The molecule has 1 atom stereocenters. The number of hydrogen-bond acceptors (Lipinski definition) is 6. The standard InChI is InChI=1S/C28H37FN4OS/c1-20(30)28(27(34)22-7-6-8-23(29)19-22)35-21(2)31-24-9-11-25(12-10-24)33-17-13-26(14-18-33)32-15-4-3-5-16-32/h6-12,19,21,26,31H,3-5,13-18,30H2,1-2H3/b28-20+. The molecule has 2 heterocycles. The fourth-order valence-electron chi connectivity index (χ4n) is 5.07. The summed E-state index contributed by atoms with van der Waals surface area (Å²) in [5, 5.41) is 3.36. The van der Waals surface area contributed by atoms with E-state index in [1.807, 2.05) is 6.92 Å². The third-order valence-electron chi connectivity index (χ3n) is 6.92. The van der Waals surface area contributed by atoms with Crippen LogP contribution in [0, 0.1) is 5.82 Å². The van der Waals surface area contributed by atoms with Gasteiger partial charge >= 0.3 is 0 Å². The van der Waals surface area contributed by atoms with Gasteiger partial charge in [0.2, 0.25) is 5.78 Å². The summed E-state index contributed by atoms with van der Waals surface area (Å²) >= 11 is 1.36. The summed E-state index contributed by atoms with van der Waals surface area (Å²) in [5.74, 6) is -0.691. The lowest BCUT2D eigenvalue weighted by Crippen LogP contribution is -2.46. The fraction of sp³-hybridized carbons (Fsp3) is 0.464. The third kappa shape index (κ3) is 6.79. The molecule has 2 aliphatic rings. The van der Waals surface area contributed by atoms with Crippen molar-refractivity contribution in [1.82, 2.24) is 4.90 Å². The van der Waals surface area contributed by atoms with E-state index in [4.69, 9.17) is 5.73 Å².